The lowest BCUT2D eigenvalue weighted by Gasteiger charge is -2.37. The molecule has 2 N–H and O–H groups in total. The van der Waals surface area contributed by atoms with E-state index < -0.39 is 18.3 Å². The van der Waals surface area contributed by atoms with Gasteiger partial charge >= 0.3 is 6.09 Å². The second kappa shape index (κ2) is 8.85. The van der Waals surface area contributed by atoms with Crippen LogP contribution in [0.1, 0.15) is 12.2 Å². The summed E-state index contributed by atoms with van der Waals surface area (Å²) < 4.78 is 40.0. The van der Waals surface area contributed by atoms with Crippen molar-refractivity contribution in [2.24, 2.45) is 0 Å². The quantitative estimate of drug-likeness (QED) is 0.543. The molecule has 14 heteroatoms. The summed E-state index contributed by atoms with van der Waals surface area (Å²) in [6.07, 6.45) is -3.91. The number of ether oxygens (including phenoxy) is 2. The first-order valence-corrected chi connectivity index (χ1v) is 10.6. The maximum Gasteiger partial charge on any atom is 0.407 e. The molecule has 0 unspecified atom stereocenters. The maximum atomic E-state index is 14.0. The van der Waals surface area contributed by atoms with Gasteiger partial charge in [0.25, 0.3) is 6.43 Å². The van der Waals surface area contributed by atoms with Crippen LogP contribution in [0.2, 0.25) is 0 Å². The zero-order valence-corrected chi connectivity index (χ0v) is 18.2. The van der Waals surface area contributed by atoms with E-state index in [1.54, 1.807) is 18.2 Å². The number of anilines is 2. The Labute approximate surface area is 192 Å². The summed E-state index contributed by atoms with van der Waals surface area (Å²) in [6, 6.07) is 4.74. The molecule has 180 valence electrons. The van der Waals surface area contributed by atoms with Crippen molar-refractivity contribution in [3.8, 4) is 11.7 Å². The standard InChI is InChI=1S/C20H22F2N8O4/c1-33-13-4-2-3-12-14(13)24-16(15(21)22)30(12)19-26-17(23-11-9-29(10-11)20(31)32)25-18(27-19)28-5-7-34-8-6-28/h2-4,11,15H,5-10H2,1H3,(H,31,32)(H,23,25,26,27). The van der Waals surface area contributed by atoms with Crippen LogP contribution in [0.4, 0.5) is 25.5 Å². The number of morpholine rings is 1. The van der Waals surface area contributed by atoms with Crippen molar-refractivity contribution in [1.82, 2.24) is 29.4 Å². The molecular weight excluding hydrogens is 454 g/mol. The van der Waals surface area contributed by atoms with Crippen molar-refractivity contribution in [3.63, 3.8) is 0 Å². The van der Waals surface area contributed by atoms with E-state index in [4.69, 9.17) is 14.6 Å². The van der Waals surface area contributed by atoms with Gasteiger partial charge in [-0.2, -0.15) is 15.0 Å². The molecular formula is C20H22F2N8O4. The lowest BCUT2D eigenvalue weighted by molar-refractivity contribution is 0.111. The highest BCUT2D eigenvalue weighted by atomic mass is 19.3. The Balaban J connectivity index is 1.60. The molecule has 4 heterocycles. The van der Waals surface area contributed by atoms with Crippen LogP contribution >= 0.6 is 0 Å². The van der Waals surface area contributed by atoms with Gasteiger partial charge < -0.3 is 29.7 Å². The lowest BCUT2D eigenvalue weighted by atomic mass is 10.1. The average Bonchev–Trinajstić information content (AvgIpc) is 3.21. The predicted molar refractivity (Wildman–Crippen MR) is 116 cm³/mol. The van der Waals surface area contributed by atoms with Gasteiger partial charge in [-0.25, -0.2) is 18.6 Å². The van der Waals surface area contributed by atoms with E-state index in [1.807, 2.05) is 4.90 Å². The fraction of sp³-hybridized carbons (Fsp3) is 0.450. The van der Waals surface area contributed by atoms with Gasteiger partial charge in [0.15, 0.2) is 5.82 Å². The molecule has 2 aliphatic rings. The third-order valence-electron chi connectivity index (χ3n) is 5.68. The lowest BCUT2D eigenvalue weighted by Crippen LogP contribution is -2.56. The number of carboxylic acid groups (broad SMARTS) is 1. The number of hydrogen-bond acceptors (Lipinski definition) is 9. The molecule has 3 aromatic rings. The molecule has 0 radical (unpaired) electrons. The smallest absolute Gasteiger partial charge is 0.407 e. The Bertz CT molecular complexity index is 1210. The number of nitrogens with one attached hydrogen (secondary N) is 1. The zero-order chi connectivity index (χ0) is 23.8. The summed E-state index contributed by atoms with van der Waals surface area (Å²) in [7, 11) is 1.44. The number of alkyl halides is 2. The largest absolute Gasteiger partial charge is 0.494 e. The molecule has 1 amide bonds. The van der Waals surface area contributed by atoms with Crippen LogP contribution in [-0.2, 0) is 4.74 Å². The molecule has 2 fully saturated rings. The van der Waals surface area contributed by atoms with Crippen molar-refractivity contribution in [3.05, 3.63) is 24.0 Å². The van der Waals surface area contributed by atoms with E-state index in [0.29, 0.717) is 43.5 Å². The van der Waals surface area contributed by atoms with Gasteiger partial charge in [-0.05, 0) is 12.1 Å². The number of aromatic nitrogens is 5. The number of halogens is 2. The number of para-hydroxylation sites is 1. The summed E-state index contributed by atoms with van der Waals surface area (Å²) >= 11 is 0. The van der Waals surface area contributed by atoms with Gasteiger partial charge in [0.2, 0.25) is 17.8 Å². The molecule has 2 aromatic heterocycles. The molecule has 12 nitrogen and oxygen atoms in total. The summed E-state index contributed by atoms with van der Waals surface area (Å²) in [5.74, 6) is 0.258. The van der Waals surface area contributed by atoms with Crippen LogP contribution in [0.15, 0.2) is 18.2 Å². The van der Waals surface area contributed by atoms with Crippen molar-refractivity contribution >= 4 is 29.0 Å². The normalized spacial score (nSPS) is 16.7. The molecule has 2 saturated heterocycles. The van der Waals surface area contributed by atoms with Crippen LogP contribution in [0.25, 0.3) is 17.0 Å². The molecule has 1 aromatic carbocycles. The second-order valence-corrected chi connectivity index (χ2v) is 7.82. The fourth-order valence-electron chi connectivity index (χ4n) is 3.94. The molecule has 0 atom stereocenters. The van der Waals surface area contributed by atoms with Crippen LogP contribution in [0.5, 0.6) is 5.75 Å². The van der Waals surface area contributed by atoms with Crippen LogP contribution in [0.3, 0.4) is 0 Å². The molecule has 0 aliphatic carbocycles. The number of likely N-dealkylation sites (tertiary alicyclic amines) is 1. The van der Waals surface area contributed by atoms with Gasteiger partial charge in [0.1, 0.15) is 11.3 Å². The van der Waals surface area contributed by atoms with E-state index in [2.05, 4.69) is 25.3 Å². The highest BCUT2D eigenvalue weighted by Gasteiger charge is 2.32. The highest BCUT2D eigenvalue weighted by molar-refractivity contribution is 5.84. The van der Waals surface area contributed by atoms with E-state index >= 15 is 0 Å². The number of rotatable bonds is 6. The molecule has 0 bridgehead atoms. The number of amides is 1. The SMILES string of the molecule is COc1cccc2c1nc(C(F)F)n2-c1nc(NC2CN(C(=O)O)C2)nc(N2CCOCC2)n1. The Morgan fingerprint density at radius 3 is 2.59 bits per heavy atom. The number of hydrogen-bond donors (Lipinski definition) is 2. The molecule has 0 spiro atoms. The van der Waals surface area contributed by atoms with E-state index in [0.717, 1.165) is 0 Å². The molecule has 5 rings (SSSR count). The minimum absolute atomic E-state index is 0.0283. The summed E-state index contributed by atoms with van der Waals surface area (Å²) in [5.41, 5.74) is 0.625. The first-order valence-electron chi connectivity index (χ1n) is 10.6. The third-order valence-corrected chi connectivity index (χ3v) is 5.68. The van der Waals surface area contributed by atoms with Gasteiger partial charge in [-0.3, -0.25) is 4.57 Å². The van der Waals surface area contributed by atoms with Crippen molar-refractivity contribution in [2.45, 2.75) is 12.5 Å². The van der Waals surface area contributed by atoms with Gasteiger partial charge in [0.05, 0.1) is 31.9 Å². The van der Waals surface area contributed by atoms with Crippen molar-refractivity contribution in [2.75, 3.05) is 56.7 Å². The first kappa shape index (κ1) is 22.0. The molecule has 0 saturated carbocycles. The van der Waals surface area contributed by atoms with E-state index in [1.165, 1.54) is 16.6 Å². The van der Waals surface area contributed by atoms with Gasteiger partial charge in [-0.15, -0.1) is 0 Å². The Morgan fingerprint density at radius 1 is 1.18 bits per heavy atom. The number of fused-ring (bicyclic) bond motifs is 1. The predicted octanol–water partition coefficient (Wildman–Crippen LogP) is 1.77. The summed E-state index contributed by atoms with van der Waals surface area (Å²) in [5, 5.41) is 12.2. The van der Waals surface area contributed by atoms with Gasteiger partial charge in [-0.1, -0.05) is 6.07 Å². The second-order valence-electron chi connectivity index (χ2n) is 7.82. The first-order chi connectivity index (χ1) is 16.4. The maximum absolute atomic E-state index is 14.0. The number of nitrogens with zero attached hydrogens (tertiary/aromatic N) is 7. The molecule has 34 heavy (non-hydrogen) atoms. The van der Waals surface area contributed by atoms with E-state index in [9.17, 15) is 13.6 Å². The number of methoxy groups -OCH3 is 1. The summed E-state index contributed by atoms with van der Waals surface area (Å²) in [6.45, 7) is 2.53. The van der Waals surface area contributed by atoms with E-state index in [-0.39, 0.29) is 36.5 Å². The van der Waals surface area contributed by atoms with Crippen LogP contribution in [-0.4, -0.2) is 93.1 Å². The topological polar surface area (TPSA) is 131 Å². The highest BCUT2D eigenvalue weighted by Crippen LogP contribution is 2.32. The third kappa shape index (κ3) is 4.00. The minimum Gasteiger partial charge on any atom is -0.494 e. The van der Waals surface area contributed by atoms with Crippen LogP contribution in [0, 0.1) is 0 Å². The summed E-state index contributed by atoms with van der Waals surface area (Å²) in [4.78, 5) is 31.7. The van der Waals surface area contributed by atoms with Crippen LogP contribution < -0.4 is 15.0 Å². The van der Waals surface area contributed by atoms with Gasteiger partial charge in [0, 0.05) is 26.2 Å². The average molecular weight is 476 g/mol. The number of carbonyl (C=O) groups is 1. The number of benzene rings is 1. The fourth-order valence-corrected chi connectivity index (χ4v) is 3.94. The molecule has 2 aliphatic heterocycles. The van der Waals surface area contributed by atoms with Crippen molar-refractivity contribution < 1.29 is 28.2 Å². The number of imidazole rings is 1. The van der Waals surface area contributed by atoms with Crippen molar-refractivity contribution in [1.29, 1.82) is 0 Å². The Morgan fingerprint density at radius 2 is 1.91 bits per heavy atom. The Kier molecular flexibility index (Phi) is 5.73. The Hall–Kier alpha value is -3.81. The minimum atomic E-state index is -2.90. The zero-order valence-electron chi connectivity index (χ0n) is 18.2. The monoisotopic (exact) mass is 476 g/mol.